The third-order valence-corrected chi connectivity index (χ3v) is 13.5. The summed E-state index contributed by atoms with van der Waals surface area (Å²) in [6.45, 7) is 4.96. The second-order valence-electron chi connectivity index (χ2n) is 19.1. The number of allylic oxidation sites excluding steroid dienone is 6. The van der Waals surface area contributed by atoms with Crippen LogP contribution in [0, 0.1) is 0 Å². The third-order valence-electron chi connectivity index (χ3n) is 12.5. The zero-order valence-corrected chi connectivity index (χ0v) is 44.6. The minimum absolute atomic E-state index is 0.0947. The number of hydrogen-bond donors (Lipinski definition) is 2. The van der Waals surface area contributed by atoms with Crippen LogP contribution in [0.1, 0.15) is 284 Å². The number of carbonyl (C=O) groups excluding carboxylic acids is 1. The Kier molecular flexibility index (Phi) is 53.6. The minimum Gasteiger partial charge on any atom is -0.457 e. The van der Waals surface area contributed by atoms with Gasteiger partial charge in [-0.15, -0.1) is 0 Å². The van der Waals surface area contributed by atoms with Gasteiger partial charge in [-0.3, -0.25) is 13.8 Å². The second-order valence-corrected chi connectivity index (χ2v) is 20.6. The van der Waals surface area contributed by atoms with E-state index in [2.05, 4.69) is 50.3 Å². The van der Waals surface area contributed by atoms with E-state index in [0.717, 1.165) is 38.5 Å². The Bertz CT molecular complexity index is 1110. The topological polar surface area (TPSA) is 117 Å². The molecule has 9 heteroatoms. The SMILES string of the molecule is CCCCCCC/C=C\C/C=C\CCCCCCCCCCCCCCOCC(COP(=O)(O)OCCN)OC(=O)CCCCCCCCCCCCC/C=C\CCCCCCCCCC. The van der Waals surface area contributed by atoms with E-state index in [0.29, 0.717) is 13.0 Å². The van der Waals surface area contributed by atoms with Crippen molar-refractivity contribution >= 4 is 13.8 Å². The third kappa shape index (κ3) is 53.7. The highest BCUT2D eigenvalue weighted by Crippen LogP contribution is 2.43. The van der Waals surface area contributed by atoms with Gasteiger partial charge in [0.1, 0.15) is 6.10 Å². The fourth-order valence-corrected chi connectivity index (χ4v) is 9.08. The highest BCUT2D eigenvalue weighted by Gasteiger charge is 2.25. The number of esters is 1. The molecule has 0 radical (unpaired) electrons. The number of ether oxygens (including phenoxy) is 2. The van der Waals surface area contributed by atoms with Crippen LogP contribution < -0.4 is 5.73 Å². The summed E-state index contributed by atoms with van der Waals surface area (Å²) >= 11 is 0. The van der Waals surface area contributed by atoms with Gasteiger partial charge >= 0.3 is 13.8 Å². The second kappa shape index (κ2) is 54.7. The van der Waals surface area contributed by atoms with Crippen LogP contribution in [0.3, 0.4) is 0 Å². The van der Waals surface area contributed by atoms with Crippen LogP contribution in [0.2, 0.25) is 0 Å². The Labute approximate surface area is 409 Å². The molecule has 0 fully saturated rings. The molecule has 2 unspecified atom stereocenters. The summed E-state index contributed by atoms with van der Waals surface area (Å²) in [5.41, 5.74) is 5.40. The molecule has 0 aliphatic rings. The molecule has 0 aliphatic carbocycles. The maximum absolute atomic E-state index is 12.7. The predicted octanol–water partition coefficient (Wildman–Crippen LogP) is 18.1. The summed E-state index contributed by atoms with van der Waals surface area (Å²) < 4.78 is 33.7. The van der Waals surface area contributed by atoms with Crippen LogP contribution in [0.15, 0.2) is 36.5 Å². The number of phosphoric acid groups is 1. The van der Waals surface area contributed by atoms with Gasteiger partial charge in [0, 0.05) is 19.6 Å². The summed E-state index contributed by atoms with van der Waals surface area (Å²) in [5, 5.41) is 0. The molecule has 0 aromatic rings. The van der Waals surface area contributed by atoms with Crippen LogP contribution >= 0.6 is 7.82 Å². The van der Waals surface area contributed by atoms with Gasteiger partial charge in [0.05, 0.1) is 19.8 Å². The van der Waals surface area contributed by atoms with Gasteiger partial charge in [-0.05, 0) is 70.6 Å². The average molecular weight is 952 g/mol. The van der Waals surface area contributed by atoms with E-state index in [1.807, 2.05) is 0 Å². The van der Waals surface area contributed by atoms with E-state index < -0.39 is 13.9 Å². The zero-order valence-electron chi connectivity index (χ0n) is 43.7. The van der Waals surface area contributed by atoms with Crippen LogP contribution in [-0.4, -0.2) is 49.9 Å². The van der Waals surface area contributed by atoms with Crippen molar-refractivity contribution in [1.82, 2.24) is 0 Å². The molecule has 0 spiro atoms. The molecule has 390 valence electrons. The monoisotopic (exact) mass is 952 g/mol. The summed E-state index contributed by atoms with van der Waals surface area (Å²) in [7, 11) is -4.29. The van der Waals surface area contributed by atoms with Gasteiger partial charge in [-0.2, -0.15) is 0 Å². The first-order valence-electron chi connectivity index (χ1n) is 28.5. The van der Waals surface area contributed by atoms with Crippen molar-refractivity contribution in [2.75, 3.05) is 33.0 Å². The van der Waals surface area contributed by atoms with Gasteiger partial charge in [0.15, 0.2) is 0 Å². The molecule has 0 aliphatic heterocycles. The maximum Gasteiger partial charge on any atom is 0.472 e. The Balaban J connectivity index is 3.87. The van der Waals surface area contributed by atoms with E-state index >= 15 is 0 Å². The Morgan fingerprint density at radius 2 is 0.803 bits per heavy atom. The van der Waals surface area contributed by atoms with E-state index in [-0.39, 0.29) is 32.3 Å². The number of unbranched alkanes of at least 4 members (excludes halogenated alkanes) is 36. The quantitative estimate of drug-likeness (QED) is 0.0268. The van der Waals surface area contributed by atoms with Crippen molar-refractivity contribution in [2.45, 2.75) is 290 Å². The van der Waals surface area contributed by atoms with Gasteiger partial charge in [0.2, 0.25) is 0 Å². The molecule has 8 nitrogen and oxygen atoms in total. The molecule has 3 N–H and O–H groups in total. The highest BCUT2D eigenvalue weighted by atomic mass is 31.2. The summed E-state index contributed by atoms with van der Waals surface area (Å²) in [4.78, 5) is 22.7. The van der Waals surface area contributed by atoms with Gasteiger partial charge in [-0.1, -0.05) is 243 Å². The number of hydrogen-bond acceptors (Lipinski definition) is 7. The van der Waals surface area contributed by atoms with Crippen molar-refractivity contribution in [3.63, 3.8) is 0 Å². The largest absolute Gasteiger partial charge is 0.472 e. The van der Waals surface area contributed by atoms with Crippen LogP contribution in [0.4, 0.5) is 0 Å². The van der Waals surface area contributed by atoms with Crippen molar-refractivity contribution in [3.8, 4) is 0 Å². The molecular formula is C57H110NO7P. The number of phosphoric ester groups is 1. The molecule has 0 aromatic heterocycles. The summed E-state index contributed by atoms with van der Waals surface area (Å²) in [5.74, 6) is -0.327. The molecule has 66 heavy (non-hydrogen) atoms. The standard InChI is InChI=1S/C57H110NO7P/c1-3-5-7-9-11-13-15-17-19-21-23-25-27-29-31-33-35-37-39-41-43-45-47-49-52-62-54-56(55-64-66(60,61)63-53-51-58)65-57(59)50-48-46-44-42-40-38-36-34-32-30-28-26-24-22-20-18-16-14-12-10-8-6-4-2/h15,17,21-24,56H,3-14,16,18-20,25-55,58H2,1-2H3,(H,60,61)/b17-15-,23-21-,24-22-. The van der Waals surface area contributed by atoms with Crippen molar-refractivity contribution in [2.24, 2.45) is 5.73 Å². The van der Waals surface area contributed by atoms with Crippen LogP contribution in [0.25, 0.3) is 0 Å². The first-order chi connectivity index (χ1) is 32.4. The Morgan fingerprint density at radius 3 is 1.20 bits per heavy atom. The summed E-state index contributed by atoms with van der Waals surface area (Å²) in [6, 6.07) is 0. The molecule has 0 amide bonds. The smallest absolute Gasteiger partial charge is 0.457 e. The fraction of sp³-hybridized carbons (Fsp3) is 0.877. The molecule has 0 heterocycles. The number of rotatable bonds is 55. The lowest BCUT2D eigenvalue weighted by atomic mass is 10.0. The minimum atomic E-state index is -4.29. The highest BCUT2D eigenvalue weighted by molar-refractivity contribution is 7.47. The molecule has 0 saturated carbocycles. The fourth-order valence-electron chi connectivity index (χ4n) is 8.32. The number of nitrogens with two attached hydrogens (primary N) is 1. The first kappa shape index (κ1) is 64.7. The Morgan fingerprint density at radius 1 is 0.455 bits per heavy atom. The lowest BCUT2D eigenvalue weighted by Gasteiger charge is -2.20. The maximum atomic E-state index is 12.7. The molecule has 0 saturated heterocycles. The van der Waals surface area contributed by atoms with E-state index in [9.17, 15) is 14.3 Å². The first-order valence-corrected chi connectivity index (χ1v) is 30.0. The Hall–Kier alpha value is -1.28. The van der Waals surface area contributed by atoms with Gasteiger partial charge in [0.25, 0.3) is 0 Å². The van der Waals surface area contributed by atoms with Crippen LogP contribution in [0.5, 0.6) is 0 Å². The zero-order chi connectivity index (χ0) is 48.0. The number of carbonyl (C=O) groups is 1. The van der Waals surface area contributed by atoms with E-state index in [1.54, 1.807) is 0 Å². The van der Waals surface area contributed by atoms with E-state index in [1.165, 1.54) is 225 Å². The molecule has 0 rings (SSSR count). The lowest BCUT2D eigenvalue weighted by molar-refractivity contribution is -0.154. The summed E-state index contributed by atoms with van der Waals surface area (Å²) in [6.07, 6.45) is 66.2. The predicted molar refractivity (Wildman–Crippen MR) is 284 cm³/mol. The van der Waals surface area contributed by atoms with Crippen molar-refractivity contribution in [1.29, 1.82) is 0 Å². The molecule has 2 atom stereocenters. The van der Waals surface area contributed by atoms with Gasteiger partial charge in [-0.25, -0.2) is 4.57 Å². The van der Waals surface area contributed by atoms with Gasteiger partial charge < -0.3 is 20.1 Å². The van der Waals surface area contributed by atoms with Crippen LogP contribution in [-0.2, 0) is 27.9 Å². The molecule has 0 aromatic carbocycles. The molecular weight excluding hydrogens is 842 g/mol. The van der Waals surface area contributed by atoms with Crippen molar-refractivity contribution in [3.05, 3.63) is 36.5 Å². The normalized spacial score (nSPS) is 13.5. The molecule has 0 bridgehead atoms. The lowest BCUT2D eigenvalue weighted by Crippen LogP contribution is -2.28. The van der Waals surface area contributed by atoms with E-state index in [4.69, 9.17) is 24.3 Å². The average Bonchev–Trinajstić information content (AvgIpc) is 3.31. The van der Waals surface area contributed by atoms with Crippen molar-refractivity contribution < 1.29 is 32.8 Å².